The fourth-order valence-corrected chi connectivity index (χ4v) is 4.52. The monoisotopic (exact) mass is 469 g/mol. The number of hydrogen-bond acceptors (Lipinski definition) is 4. The molecule has 0 saturated carbocycles. The molecule has 34 heavy (non-hydrogen) atoms. The minimum Gasteiger partial charge on any atom is -0.486 e. The summed E-state index contributed by atoms with van der Waals surface area (Å²) in [6.07, 6.45) is 0.179. The summed E-state index contributed by atoms with van der Waals surface area (Å²) in [4.78, 5) is 15.0. The van der Waals surface area contributed by atoms with Gasteiger partial charge in [0.25, 0.3) is 5.91 Å². The van der Waals surface area contributed by atoms with Crippen molar-refractivity contribution >= 4 is 5.91 Å². The minimum absolute atomic E-state index is 0.169. The number of likely N-dealkylation sites (tertiary alicyclic amines) is 1. The first-order valence-electron chi connectivity index (χ1n) is 11.4. The Morgan fingerprint density at radius 3 is 2.38 bits per heavy atom. The fourth-order valence-electron chi connectivity index (χ4n) is 4.52. The third kappa shape index (κ3) is 5.12. The average Bonchev–Trinajstić information content (AvgIpc) is 3.18. The van der Waals surface area contributed by atoms with Crippen LogP contribution in [0.3, 0.4) is 0 Å². The van der Waals surface area contributed by atoms with Gasteiger partial charge in [-0.05, 0) is 78.9 Å². The first kappa shape index (κ1) is 23.9. The zero-order valence-corrected chi connectivity index (χ0v) is 19.5. The first-order valence-corrected chi connectivity index (χ1v) is 11.4. The number of amides is 1. The Labute approximate surface area is 197 Å². The molecular formula is C26H29F2N3O3. The second kappa shape index (κ2) is 9.54. The SMILES string of the molecule is CC(C)C[C@]1(O)CCN(C(=O)c2cc(-c3ccc(F)cc3)n(C)n2)C[C@@H]1Oc1ccc(F)cc1. The number of hydrogen-bond donors (Lipinski definition) is 1. The maximum Gasteiger partial charge on any atom is 0.274 e. The summed E-state index contributed by atoms with van der Waals surface area (Å²) in [5.41, 5.74) is 0.577. The number of aliphatic hydroxyl groups is 1. The highest BCUT2D eigenvalue weighted by Gasteiger charge is 2.45. The van der Waals surface area contributed by atoms with Crippen molar-refractivity contribution in [1.82, 2.24) is 14.7 Å². The summed E-state index contributed by atoms with van der Waals surface area (Å²) in [5.74, 6) is -0.336. The molecule has 2 aromatic carbocycles. The number of carbonyl (C=O) groups is 1. The number of nitrogens with zero attached hydrogens (tertiary/aromatic N) is 3. The van der Waals surface area contributed by atoms with E-state index >= 15 is 0 Å². The Hall–Kier alpha value is -3.26. The third-order valence-electron chi connectivity index (χ3n) is 6.18. The number of carbonyl (C=O) groups excluding carboxylic acids is 1. The highest BCUT2D eigenvalue weighted by atomic mass is 19.1. The van der Waals surface area contributed by atoms with E-state index in [2.05, 4.69) is 5.10 Å². The van der Waals surface area contributed by atoms with Crippen LogP contribution >= 0.6 is 0 Å². The minimum atomic E-state index is -1.12. The number of rotatable bonds is 6. The number of halogens is 2. The van der Waals surface area contributed by atoms with Crippen LogP contribution in [0.25, 0.3) is 11.3 Å². The van der Waals surface area contributed by atoms with Crippen molar-refractivity contribution < 1.29 is 23.4 Å². The zero-order chi connectivity index (χ0) is 24.5. The van der Waals surface area contributed by atoms with Crippen molar-refractivity contribution in [2.45, 2.75) is 38.4 Å². The van der Waals surface area contributed by atoms with Gasteiger partial charge in [0.1, 0.15) is 29.1 Å². The molecule has 3 aromatic rings. The van der Waals surface area contributed by atoms with Gasteiger partial charge < -0.3 is 14.7 Å². The van der Waals surface area contributed by atoms with E-state index in [1.54, 1.807) is 34.8 Å². The van der Waals surface area contributed by atoms with Gasteiger partial charge in [0, 0.05) is 13.6 Å². The van der Waals surface area contributed by atoms with Crippen molar-refractivity contribution in [3.05, 3.63) is 71.9 Å². The zero-order valence-electron chi connectivity index (χ0n) is 19.5. The van der Waals surface area contributed by atoms with Crippen LogP contribution in [-0.4, -0.2) is 50.5 Å². The van der Waals surface area contributed by atoms with Gasteiger partial charge in [0.05, 0.1) is 12.2 Å². The summed E-state index contributed by atoms with van der Waals surface area (Å²) in [6.45, 7) is 4.57. The molecule has 1 aromatic heterocycles. The van der Waals surface area contributed by atoms with Gasteiger partial charge in [0.15, 0.2) is 5.69 Å². The maximum atomic E-state index is 13.3. The Kier molecular flexibility index (Phi) is 6.70. The molecule has 2 atom stereocenters. The molecule has 0 aliphatic carbocycles. The van der Waals surface area contributed by atoms with Crippen LogP contribution in [0.1, 0.15) is 37.2 Å². The largest absolute Gasteiger partial charge is 0.486 e. The molecule has 0 radical (unpaired) electrons. The van der Waals surface area contributed by atoms with E-state index in [9.17, 15) is 18.7 Å². The van der Waals surface area contributed by atoms with E-state index in [-0.39, 0.29) is 35.7 Å². The Bertz CT molecular complexity index is 1150. The predicted molar refractivity (Wildman–Crippen MR) is 124 cm³/mol. The molecule has 6 nitrogen and oxygen atoms in total. The highest BCUT2D eigenvalue weighted by molar-refractivity contribution is 5.93. The standard InChI is InChI=1S/C26H29F2N3O3/c1-17(2)15-26(33)12-13-31(16-24(26)34-21-10-8-20(28)9-11-21)25(32)22-14-23(30(3)29-22)18-4-6-19(27)7-5-18/h4-11,14,17,24,33H,12-13,15-16H2,1-3H3/t24-,26+/m0/s1. The van der Waals surface area contributed by atoms with Crippen LogP contribution in [0.2, 0.25) is 0 Å². The van der Waals surface area contributed by atoms with Crippen LogP contribution in [0.4, 0.5) is 8.78 Å². The summed E-state index contributed by atoms with van der Waals surface area (Å²) in [7, 11) is 1.73. The van der Waals surface area contributed by atoms with E-state index < -0.39 is 11.7 Å². The second-order valence-electron chi connectivity index (χ2n) is 9.31. The predicted octanol–water partition coefficient (Wildman–Crippen LogP) is 4.44. The van der Waals surface area contributed by atoms with Gasteiger partial charge in [-0.2, -0.15) is 5.10 Å². The van der Waals surface area contributed by atoms with E-state index in [4.69, 9.17) is 4.74 Å². The van der Waals surface area contributed by atoms with Gasteiger partial charge in [-0.15, -0.1) is 0 Å². The van der Waals surface area contributed by atoms with Crippen molar-refractivity contribution in [1.29, 1.82) is 0 Å². The van der Waals surface area contributed by atoms with Gasteiger partial charge >= 0.3 is 0 Å². The van der Waals surface area contributed by atoms with E-state index in [0.717, 1.165) is 5.56 Å². The Balaban J connectivity index is 1.56. The highest BCUT2D eigenvalue weighted by Crippen LogP contribution is 2.33. The van der Waals surface area contributed by atoms with Gasteiger partial charge in [-0.3, -0.25) is 9.48 Å². The Morgan fingerprint density at radius 2 is 1.76 bits per heavy atom. The molecule has 1 saturated heterocycles. The van der Waals surface area contributed by atoms with Crippen molar-refractivity contribution in [3.8, 4) is 17.0 Å². The second-order valence-corrected chi connectivity index (χ2v) is 9.31. The average molecular weight is 470 g/mol. The van der Waals surface area contributed by atoms with E-state index in [0.29, 0.717) is 30.8 Å². The number of ether oxygens (including phenoxy) is 1. The molecule has 4 rings (SSSR count). The van der Waals surface area contributed by atoms with E-state index in [1.807, 2.05) is 13.8 Å². The van der Waals surface area contributed by atoms with Crippen LogP contribution in [0, 0.1) is 17.6 Å². The molecule has 0 unspecified atom stereocenters. The number of aryl methyl sites for hydroxylation is 1. The van der Waals surface area contributed by atoms with Crippen LogP contribution in [0.5, 0.6) is 5.75 Å². The lowest BCUT2D eigenvalue weighted by Crippen LogP contribution is -2.59. The molecule has 180 valence electrons. The van der Waals surface area contributed by atoms with Crippen LogP contribution < -0.4 is 4.74 Å². The normalized spacial score (nSPS) is 20.6. The smallest absolute Gasteiger partial charge is 0.274 e. The molecule has 0 bridgehead atoms. The van der Waals surface area contributed by atoms with E-state index in [1.165, 1.54) is 36.4 Å². The van der Waals surface area contributed by atoms with Crippen molar-refractivity contribution in [3.63, 3.8) is 0 Å². The molecule has 1 aliphatic rings. The number of piperidine rings is 1. The summed E-state index contributed by atoms with van der Waals surface area (Å²) in [6, 6.07) is 13.3. The number of benzene rings is 2. The summed E-state index contributed by atoms with van der Waals surface area (Å²) >= 11 is 0. The molecule has 0 spiro atoms. The van der Waals surface area contributed by atoms with Crippen molar-refractivity contribution in [2.75, 3.05) is 13.1 Å². The Morgan fingerprint density at radius 1 is 1.15 bits per heavy atom. The molecule has 1 amide bonds. The van der Waals surface area contributed by atoms with Gasteiger partial charge in [-0.1, -0.05) is 13.8 Å². The lowest BCUT2D eigenvalue weighted by Gasteiger charge is -2.45. The summed E-state index contributed by atoms with van der Waals surface area (Å²) < 4.78 is 34.3. The van der Waals surface area contributed by atoms with Gasteiger partial charge in [0.2, 0.25) is 0 Å². The molecule has 1 fully saturated rings. The summed E-state index contributed by atoms with van der Waals surface area (Å²) in [5, 5.41) is 15.8. The lowest BCUT2D eigenvalue weighted by molar-refractivity contribution is -0.111. The first-order chi connectivity index (χ1) is 16.1. The molecule has 1 aliphatic heterocycles. The van der Waals surface area contributed by atoms with Crippen LogP contribution in [0.15, 0.2) is 54.6 Å². The van der Waals surface area contributed by atoms with Crippen LogP contribution in [-0.2, 0) is 7.05 Å². The molecule has 8 heteroatoms. The fraction of sp³-hybridized carbons (Fsp3) is 0.385. The molecular weight excluding hydrogens is 440 g/mol. The molecule has 2 heterocycles. The molecule has 1 N–H and O–H groups in total. The quantitative estimate of drug-likeness (QED) is 0.580. The maximum absolute atomic E-state index is 13.3. The number of aromatic nitrogens is 2. The van der Waals surface area contributed by atoms with Crippen molar-refractivity contribution in [2.24, 2.45) is 13.0 Å². The lowest BCUT2D eigenvalue weighted by atomic mass is 9.81. The van der Waals surface area contributed by atoms with Gasteiger partial charge in [-0.25, -0.2) is 8.78 Å². The third-order valence-corrected chi connectivity index (χ3v) is 6.18. The topological polar surface area (TPSA) is 67.6 Å².